The van der Waals surface area contributed by atoms with Gasteiger partial charge in [-0.3, -0.25) is 4.79 Å². The van der Waals surface area contributed by atoms with Crippen LogP contribution >= 0.6 is 0 Å². The SMILES string of the molecule is [3H][C@]1(O)C[C@@H]2C=C(CCCCC(=O)OC)C[C@@H]2[C@H]1/C=C/[C@@H](O)C[C@@H](C)CCCC. The minimum absolute atomic E-state index is 0.158. The van der Waals surface area contributed by atoms with Crippen molar-refractivity contribution < 1.29 is 21.1 Å². The molecular formula is C24H40O4. The van der Waals surface area contributed by atoms with Crippen LogP contribution in [0.15, 0.2) is 23.8 Å². The van der Waals surface area contributed by atoms with Gasteiger partial charge in [-0.2, -0.15) is 0 Å². The van der Waals surface area contributed by atoms with Crippen LogP contribution < -0.4 is 0 Å². The maximum atomic E-state index is 11.2. The Morgan fingerprint density at radius 3 is 2.93 bits per heavy atom. The Hall–Kier alpha value is -1.13. The molecule has 2 N–H and O–H groups in total. The third-order valence-corrected chi connectivity index (χ3v) is 6.38. The van der Waals surface area contributed by atoms with E-state index in [2.05, 4.69) is 24.7 Å². The summed E-state index contributed by atoms with van der Waals surface area (Å²) in [6.45, 7) is 4.35. The van der Waals surface area contributed by atoms with E-state index in [4.69, 9.17) is 1.37 Å². The standard InChI is InChI=1S/C24H40O4/c1-4-5-8-17(2)13-20(25)11-12-21-22-15-18(14-19(22)16-23(21)26)9-6-7-10-24(27)28-3/h11-12,14,17,19-23,25-26H,4-10,13,15-16H2,1-3H3/b12-11+/t17-,19-,20+,21+,22-,23-/m0/s1/i23T. The molecule has 0 aromatic rings. The van der Waals surface area contributed by atoms with Crippen molar-refractivity contribution in [3.8, 4) is 0 Å². The molecule has 0 amide bonds. The van der Waals surface area contributed by atoms with Gasteiger partial charge in [-0.15, -0.1) is 0 Å². The molecule has 28 heavy (non-hydrogen) atoms. The molecule has 6 atom stereocenters. The van der Waals surface area contributed by atoms with E-state index in [-0.39, 0.29) is 23.7 Å². The summed E-state index contributed by atoms with van der Waals surface area (Å²) in [6.07, 6.45) is 12.8. The first-order valence-electron chi connectivity index (χ1n) is 11.6. The lowest BCUT2D eigenvalue weighted by molar-refractivity contribution is -0.140. The Balaban J connectivity index is 1.85. The van der Waals surface area contributed by atoms with Crippen molar-refractivity contribution >= 4 is 5.97 Å². The summed E-state index contributed by atoms with van der Waals surface area (Å²) in [6, 6.07) is 0. The summed E-state index contributed by atoms with van der Waals surface area (Å²) in [4.78, 5) is 11.2. The van der Waals surface area contributed by atoms with Crippen LogP contribution in [0.2, 0.25) is 0 Å². The zero-order valence-corrected chi connectivity index (χ0v) is 17.9. The minimum Gasteiger partial charge on any atom is -0.469 e. The van der Waals surface area contributed by atoms with Crippen molar-refractivity contribution in [1.29, 1.82) is 0 Å². The molecule has 2 aliphatic carbocycles. The minimum atomic E-state index is -1.45. The first-order chi connectivity index (χ1) is 13.8. The number of hydrogen-bond acceptors (Lipinski definition) is 4. The maximum Gasteiger partial charge on any atom is 0.305 e. The van der Waals surface area contributed by atoms with E-state index in [1.54, 1.807) is 0 Å². The topological polar surface area (TPSA) is 66.8 Å². The number of allylic oxidation sites excluding steroid dienone is 2. The molecule has 1 fully saturated rings. The lowest BCUT2D eigenvalue weighted by Gasteiger charge is -2.19. The number of aliphatic hydroxyl groups excluding tert-OH is 1. The van der Waals surface area contributed by atoms with E-state index < -0.39 is 12.2 Å². The highest BCUT2D eigenvalue weighted by molar-refractivity contribution is 5.68. The van der Waals surface area contributed by atoms with Gasteiger partial charge in [0.25, 0.3) is 0 Å². The van der Waals surface area contributed by atoms with Crippen molar-refractivity contribution in [2.75, 3.05) is 7.11 Å². The lowest BCUT2D eigenvalue weighted by atomic mass is 9.88. The Labute approximate surface area is 172 Å². The summed E-state index contributed by atoms with van der Waals surface area (Å²) in [5.41, 5.74) is 1.38. The average molecular weight is 395 g/mol. The molecule has 2 rings (SSSR count). The number of methoxy groups -OCH3 is 1. The van der Waals surface area contributed by atoms with Crippen LogP contribution in [0.5, 0.6) is 0 Å². The Bertz CT molecular complexity index is 583. The summed E-state index contributed by atoms with van der Waals surface area (Å²) in [5, 5.41) is 21.0. The Kier molecular flexibility index (Phi) is 9.07. The fourth-order valence-electron chi connectivity index (χ4n) is 4.75. The number of unbranched alkanes of at least 4 members (excludes halogenated alkanes) is 2. The number of carbonyl (C=O) groups excluding carboxylic acids is 1. The highest BCUT2D eigenvalue weighted by Gasteiger charge is 2.43. The predicted molar refractivity (Wildman–Crippen MR) is 113 cm³/mol. The van der Waals surface area contributed by atoms with E-state index in [0.29, 0.717) is 18.8 Å². The first kappa shape index (κ1) is 21.6. The molecule has 0 saturated heterocycles. The van der Waals surface area contributed by atoms with E-state index >= 15 is 0 Å². The third-order valence-electron chi connectivity index (χ3n) is 6.38. The Morgan fingerprint density at radius 1 is 1.43 bits per heavy atom. The van der Waals surface area contributed by atoms with Crippen LogP contribution in [0.25, 0.3) is 0 Å². The van der Waals surface area contributed by atoms with Crippen LogP contribution in [0, 0.1) is 23.7 Å². The van der Waals surface area contributed by atoms with E-state index in [0.717, 1.165) is 38.5 Å². The number of rotatable bonds is 12. The van der Waals surface area contributed by atoms with Gasteiger partial charge in [0.1, 0.15) is 0 Å². The predicted octanol–water partition coefficient (Wildman–Crippen LogP) is 4.80. The van der Waals surface area contributed by atoms with Crippen molar-refractivity contribution in [2.45, 2.75) is 90.2 Å². The van der Waals surface area contributed by atoms with Crippen LogP contribution in [0.4, 0.5) is 0 Å². The number of esters is 1. The molecule has 0 unspecified atom stereocenters. The molecular weight excluding hydrogens is 352 g/mol. The lowest BCUT2D eigenvalue weighted by Crippen LogP contribution is -2.18. The quantitative estimate of drug-likeness (QED) is 0.283. The number of aliphatic hydroxyl groups is 2. The summed E-state index contributed by atoms with van der Waals surface area (Å²) < 4.78 is 13.0. The van der Waals surface area contributed by atoms with Gasteiger partial charge in [0.2, 0.25) is 0 Å². The molecule has 0 aromatic heterocycles. The fraction of sp³-hybridized carbons (Fsp3) is 0.792. The summed E-state index contributed by atoms with van der Waals surface area (Å²) >= 11 is 0. The van der Waals surface area contributed by atoms with Crippen molar-refractivity contribution in [1.82, 2.24) is 0 Å². The normalized spacial score (nSPS) is 32.1. The number of carbonyl (C=O) groups is 1. The van der Waals surface area contributed by atoms with Crippen LogP contribution in [0.1, 0.15) is 79.4 Å². The van der Waals surface area contributed by atoms with E-state index in [9.17, 15) is 15.0 Å². The van der Waals surface area contributed by atoms with Gasteiger partial charge in [-0.1, -0.05) is 56.9 Å². The first-order valence-corrected chi connectivity index (χ1v) is 11.1. The van der Waals surface area contributed by atoms with Crippen molar-refractivity contribution in [3.05, 3.63) is 23.8 Å². The molecule has 0 bridgehead atoms. The fourth-order valence-corrected chi connectivity index (χ4v) is 4.75. The monoisotopic (exact) mass is 394 g/mol. The summed E-state index contributed by atoms with van der Waals surface area (Å²) in [7, 11) is 1.42. The smallest absolute Gasteiger partial charge is 0.305 e. The van der Waals surface area contributed by atoms with Gasteiger partial charge in [-0.25, -0.2) is 0 Å². The van der Waals surface area contributed by atoms with Crippen molar-refractivity contribution in [2.24, 2.45) is 23.7 Å². The molecule has 4 heteroatoms. The molecule has 0 aliphatic heterocycles. The van der Waals surface area contributed by atoms with Gasteiger partial charge < -0.3 is 14.9 Å². The molecule has 0 radical (unpaired) electrons. The second-order valence-electron chi connectivity index (χ2n) is 8.80. The highest BCUT2D eigenvalue weighted by atomic mass is 16.5. The molecule has 1 saturated carbocycles. The average Bonchev–Trinajstić information content (AvgIpc) is 3.14. The van der Waals surface area contributed by atoms with Crippen LogP contribution in [-0.2, 0) is 9.53 Å². The number of hydrogen-bond donors (Lipinski definition) is 2. The zero-order valence-electron chi connectivity index (χ0n) is 18.9. The molecule has 0 aromatic carbocycles. The number of ether oxygens (including phenoxy) is 1. The molecule has 0 heterocycles. The second kappa shape index (κ2) is 11.8. The van der Waals surface area contributed by atoms with Gasteiger partial charge in [-0.05, 0) is 56.3 Å². The molecule has 160 valence electrons. The van der Waals surface area contributed by atoms with Gasteiger partial charge in [0.05, 0.1) is 20.7 Å². The van der Waals surface area contributed by atoms with E-state index in [1.807, 2.05) is 12.2 Å². The number of fused-ring (bicyclic) bond motifs is 1. The zero-order chi connectivity index (χ0) is 21.4. The largest absolute Gasteiger partial charge is 0.469 e. The molecule has 0 spiro atoms. The van der Waals surface area contributed by atoms with E-state index in [1.165, 1.54) is 25.5 Å². The summed E-state index contributed by atoms with van der Waals surface area (Å²) in [5.74, 6) is 0.564. The van der Waals surface area contributed by atoms with Crippen molar-refractivity contribution in [3.63, 3.8) is 0 Å². The second-order valence-corrected chi connectivity index (χ2v) is 8.80. The van der Waals surface area contributed by atoms with Gasteiger partial charge >= 0.3 is 5.97 Å². The van der Waals surface area contributed by atoms with Crippen LogP contribution in [-0.4, -0.2) is 35.5 Å². The van der Waals surface area contributed by atoms with Gasteiger partial charge in [0, 0.05) is 12.3 Å². The van der Waals surface area contributed by atoms with Gasteiger partial charge in [0.15, 0.2) is 0 Å². The van der Waals surface area contributed by atoms with Crippen LogP contribution in [0.3, 0.4) is 0 Å². The Morgan fingerprint density at radius 2 is 2.21 bits per heavy atom. The highest BCUT2D eigenvalue weighted by Crippen LogP contribution is 2.48. The third kappa shape index (κ3) is 7.04. The molecule has 2 aliphatic rings. The maximum absolute atomic E-state index is 11.2. The molecule has 4 nitrogen and oxygen atoms in total.